The number of urea groups is 1. The van der Waals surface area contributed by atoms with Crippen LogP contribution in [0.3, 0.4) is 0 Å². The molecule has 1 N–H and O–H groups in total. The normalized spacial score (nSPS) is 16.1. The summed E-state index contributed by atoms with van der Waals surface area (Å²) in [4.78, 5) is 13.6. The molecule has 2 rings (SSSR count). The van der Waals surface area contributed by atoms with E-state index >= 15 is 0 Å². The van der Waals surface area contributed by atoms with E-state index in [0.717, 1.165) is 31.6 Å². The summed E-state index contributed by atoms with van der Waals surface area (Å²) in [6.07, 6.45) is 3.48. The number of likely N-dealkylation sites (tertiary alicyclic amines) is 1. The van der Waals surface area contributed by atoms with Gasteiger partial charge in [-0.15, -0.1) is 0 Å². The smallest absolute Gasteiger partial charge is 0.321 e. The predicted octanol–water partition coefficient (Wildman–Crippen LogP) is 2.50. The quantitative estimate of drug-likeness (QED) is 0.747. The Labute approximate surface area is 90.1 Å². The van der Waals surface area contributed by atoms with Crippen molar-refractivity contribution in [2.45, 2.75) is 19.3 Å². The van der Waals surface area contributed by atoms with Gasteiger partial charge in [-0.1, -0.05) is 12.1 Å². The van der Waals surface area contributed by atoms with E-state index in [1.807, 2.05) is 17.0 Å². The largest absolute Gasteiger partial charge is 0.325 e. The van der Waals surface area contributed by atoms with Crippen LogP contribution in [0, 0.1) is 6.07 Å². The highest BCUT2D eigenvalue weighted by molar-refractivity contribution is 5.89. The number of rotatable bonds is 1. The van der Waals surface area contributed by atoms with Gasteiger partial charge in [-0.3, -0.25) is 0 Å². The maximum atomic E-state index is 11.8. The molecule has 1 aromatic carbocycles. The lowest BCUT2D eigenvalue weighted by molar-refractivity contribution is 0.200. The van der Waals surface area contributed by atoms with Crippen LogP contribution in [0.4, 0.5) is 10.5 Å². The fourth-order valence-corrected chi connectivity index (χ4v) is 1.77. The first-order valence-electron chi connectivity index (χ1n) is 5.38. The van der Waals surface area contributed by atoms with E-state index < -0.39 is 0 Å². The van der Waals surface area contributed by atoms with Crippen LogP contribution < -0.4 is 5.32 Å². The van der Waals surface area contributed by atoms with Gasteiger partial charge in [0, 0.05) is 18.8 Å². The van der Waals surface area contributed by atoms with Crippen molar-refractivity contribution < 1.29 is 4.79 Å². The average Bonchev–Trinajstić information content (AvgIpc) is 2.31. The molecule has 1 saturated heterocycles. The van der Waals surface area contributed by atoms with E-state index in [9.17, 15) is 4.79 Å². The lowest BCUT2D eigenvalue weighted by Crippen LogP contribution is -2.38. The van der Waals surface area contributed by atoms with Crippen LogP contribution in [-0.4, -0.2) is 24.0 Å². The molecule has 15 heavy (non-hydrogen) atoms. The van der Waals surface area contributed by atoms with Crippen LogP contribution >= 0.6 is 0 Å². The molecule has 0 atom stereocenters. The zero-order chi connectivity index (χ0) is 10.5. The number of piperidine rings is 1. The fraction of sp³-hybridized carbons (Fsp3) is 0.417. The van der Waals surface area contributed by atoms with Crippen molar-refractivity contribution in [3.05, 3.63) is 30.3 Å². The summed E-state index contributed by atoms with van der Waals surface area (Å²) >= 11 is 0. The minimum atomic E-state index is 0.0147. The molecule has 79 valence electrons. The molecule has 0 saturated carbocycles. The van der Waals surface area contributed by atoms with Gasteiger partial charge in [-0.25, -0.2) is 4.79 Å². The lowest BCUT2D eigenvalue weighted by Gasteiger charge is -2.26. The molecule has 0 spiro atoms. The summed E-state index contributed by atoms with van der Waals surface area (Å²) in [5.74, 6) is 0. The third kappa shape index (κ3) is 2.72. The van der Waals surface area contributed by atoms with E-state index in [-0.39, 0.29) is 6.03 Å². The van der Waals surface area contributed by atoms with Crippen molar-refractivity contribution in [3.63, 3.8) is 0 Å². The van der Waals surface area contributed by atoms with Crippen molar-refractivity contribution in [3.8, 4) is 0 Å². The molecule has 0 aliphatic carbocycles. The monoisotopic (exact) mass is 203 g/mol. The minimum absolute atomic E-state index is 0.0147. The van der Waals surface area contributed by atoms with Gasteiger partial charge < -0.3 is 10.2 Å². The molecule has 0 bridgehead atoms. The second-order valence-electron chi connectivity index (χ2n) is 3.77. The summed E-state index contributed by atoms with van der Waals surface area (Å²) in [5.41, 5.74) is 0.837. The highest BCUT2D eigenvalue weighted by atomic mass is 16.2. The highest BCUT2D eigenvalue weighted by Crippen LogP contribution is 2.11. The van der Waals surface area contributed by atoms with Crippen LogP contribution in [0.1, 0.15) is 19.3 Å². The number of nitrogens with zero attached hydrogens (tertiary/aromatic N) is 1. The predicted molar refractivity (Wildman–Crippen MR) is 59.7 cm³/mol. The van der Waals surface area contributed by atoms with Crippen LogP contribution in [0.25, 0.3) is 0 Å². The second kappa shape index (κ2) is 4.82. The van der Waals surface area contributed by atoms with Crippen molar-refractivity contribution in [2.24, 2.45) is 0 Å². The molecule has 0 unspecified atom stereocenters. The molecule has 1 aliphatic heterocycles. The van der Waals surface area contributed by atoms with Gasteiger partial charge in [0.2, 0.25) is 0 Å². The van der Waals surface area contributed by atoms with Gasteiger partial charge in [0.15, 0.2) is 0 Å². The van der Waals surface area contributed by atoms with Gasteiger partial charge in [0.25, 0.3) is 0 Å². The Bertz CT molecular complexity index is 318. The lowest BCUT2D eigenvalue weighted by atomic mass is 10.1. The van der Waals surface area contributed by atoms with Crippen LogP contribution in [0.15, 0.2) is 24.3 Å². The molecule has 1 aromatic rings. The van der Waals surface area contributed by atoms with Crippen molar-refractivity contribution in [1.29, 1.82) is 0 Å². The SMILES string of the molecule is O=C(Nc1cc[c]cc1)N1CCCCC1. The standard InChI is InChI=1S/C12H15N2O/c15-12(14-9-5-2-6-10-14)13-11-7-3-1-4-8-11/h3-4,7-8H,2,5-6,9-10H2,(H,13,15). The van der Waals surface area contributed by atoms with Gasteiger partial charge in [0.05, 0.1) is 0 Å². The molecule has 1 aliphatic rings. The zero-order valence-corrected chi connectivity index (χ0v) is 8.70. The first-order valence-corrected chi connectivity index (χ1v) is 5.38. The molecule has 2 amide bonds. The number of carbonyl (C=O) groups excluding carboxylic acids is 1. The Kier molecular flexibility index (Phi) is 3.22. The topological polar surface area (TPSA) is 32.3 Å². The molecule has 1 heterocycles. The average molecular weight is 203 g/mol. The van der Waals surface area contributed by atoms with E-state index in [1.165, 1.54) is 6.42 Å². The van der Waals surface area contributed by atoms with E-state index in [1.54, 1.807) is 12.1 Å². The number of nitrogens with one attached hydrogen (secondary N) is 1. The molecular weight excluding hydrogens is 188 g/mol. The number of hydrogen-bond donors (Lipinski definition) is 1. The van der Waals surface area contributed by atoms with Crippen molar-refractivity contribution in [2.75, 3.05) is 18.4 Å². The van der Waals surface area contributed by atoms with E-state index in [0.29, 0.717) is 0 Å². The number of carbonyl (C=O) groups is 1. The first kappa shape index (κ1) is 10.0. The number of hydrogen-bond acceptors (Lipinski definition) is 1. The number of anilines is 1. The van der Waals surface area contributed by atoms with E-state index in [2.05, 4.69) is 11.4 Å². The number of benzene rings is 1. The van der Waals surface area contributed by atoms with Crippen LogP contribution in [0.2, 0.25) is 0 Å². The summed E-state index contributed by atoms with van der Waals surface area (Å²) in [7, 11) is 0. The van der Waals surface area contributed by atoms with Crippen molar-refractivity contribution >= 4 is 11.7 Å². The Morgan fingerprint density at radius 1 is 1.20 bits per heavy atom. The van der Waals surface area contributed by atoms with E-state index in [4.69, 9.17) is 0 Å². The fourth-order valence-electron chi connectivity index (χ4n) is 1.77. The van der Waals surface area contributed by atoms with Gasteiger partial charge >= 0.3 is 6.03 Å². The molecular formula is C12H15N2O. The zero-order valence-electron chi connectivity index (χ0n) is 8.70. The Hall–Kier alpha value is -1.51. The number of amides is 2. The maximum Gasteiger partial charge on any atom is 0.321 e. The Balaban J connectivity index is 1.91. The summed E-state index contributed by atoms with van der Waals surface area (Å²) in [6, 6.07) is 10.2. The summed E-state index contributed by atoms with van der Waals surface area (Å²) < 4.78 is 0. The summed E-state index contributed by atoms with van der Waals surface area (Å²) in [6.45, 7) is 1.76. The third-order valence-corrected chi connectivity index (χ3v) is 2.61. The van der Waals surface area contributed by atoms with Crippen LogP contribution in [0.5, 0.6) is 0 Å². The molecule has 0 aromatic heterocycles. The second-order valence-corrected chi connectivity index (χ2v) is 3.77. The summed E-state index contributed by atoms with van der Waals surface area (Å²) in [5, 5.41) is 2.88. The van der Waals surface area contributed by atoms with Gasteiger partial charge in [0.1, 0.15) is 0 Å². The maximum absolute atomic E-state index is 11.8. The van der Waals surface area contributed by atoms with Crippen LogP contribution in [-0.2, 0) is 0 Å². The third-order valence-electron chi connectivity index (χ3n) is 2.61. The van der Waals surface area contributed by atoms with Gasteiger partial charge in [-0.2, -0.15) is 0 Å². The Morgan fingerprint density at radius 3 is 2.53 bits per heavy atom. The molecule has 1 fully saturated rings. The Morgan fingerprint density at radius 2 is 1.87 bits per heavy atom. The first-order chi connectivity index (χ1) is 7.36. The minimum Gasteiger partial charge on any atom is -0.325 e. The molecule has 1 radical (unpaired) electrons. The van der Waals surface area contributed by atoms with Gasteiger partial charge in [-0.05, 0) is 37.5 Å². The molecule has 3 nitrogen and oxygen atoms in total. The van der Waals surface area contributed by atoms with Crippen molar-refractivity contribution in [1.82, 2.24) is 4.90 Å². The molecule has 3 heteroatoms. The highest BCUT2D eigenvalue weighted by Gasteiger charge is 2.15.